The second kappa shape index (κ2) is 8.50. The van der Waals surface area contributed by atoms with Crippen LogP contribution < -0.4 is 19.5 Å². The molecule has 1 atom stereocenters. The summed E-state index contributed by atoms with van der Waals surface area (Å²) in [5.74, 6) is 0.737. The molecule has 1 unspecified atom stereocenters. The predicted octanol–water partition coefficient (Wildman–Crippen LogP) is 2.45. The Morgan fingerprint density at radius 2 is 1.81 bits per heavy atom. The van der Waals surface area contributed by atoms with E-state index in [-0.39, 0.29) is 18.5 Å². The lowest BCUT2D eigenvalue weighted by Gasteiger charge is -2.33. The Hall–Kier alpha value is -2.13. The summed E-state index contributed by atoms with van der Waals surface area (Å²) in [7, 11) is 4.39. The first-order valence-electron chi connectivity index (χ1n) is 8.20. The van der Waals surface area contributed by atoms with Crippen molar-refractivity contribution in [3.8, 4) is 17.2 Å². The summed E-state index contributed by atoms with van der Waals surface area (Å²) >= 11 is 0. The highest BCUT2D eigenvalue weighted by Crippen LogP contribution is 2.38. The van der Waals surface area contributed by atoms with E-state index >= 15 is 0 Å². The molecule has 1 aromatic carbocycles. The van der Waals surface area contributed by atoms with Gasteiger partial charge in [0.15, 0.2) is 11.5 Å². The maximum Gasteiger partial charge on any atom is 0.368 e. The van der Waals surface area contributed by atoms with Gasteiger partial charge < -0.3 is 19.5 Å². The highest BCUT2D eigenvalue weighted by molar-refractivity contribution is 5.95. The van der Waals surface area contributed by atoms with Crippen LogP contribution in [0.15, 0.2) is 12.1 Å². The Labute approximate surface area is 151 Å². The molecular formula is C17H24F2N2O5. The van der Waals surface area contributed by atoms with Crippen LogP contribution in [0.3, 0.4) is 0 Å². The molecule has 1 fully saturated rings. The third-order valence-corrected chi connectivity index (χ3v) is 3.94. The predicted molar refractivity (Wildman–Crippen MR) is 89.9 cm³/mol. The molecule has 0 spiro atoms. The SMILES string of the molecule is COc1cc(C(=O)NC2CCCN(OC(C)(F)F)C2)cc(OC)c1OC. The number of ether oxygens (including phenoxy) is 3. The maximum atomic E-state index is 13.0. The summed E-state index contributed by atoms with van der Waals surface area (Å²) in [6.45, 7) is 1.25. The molecule has 1 saturated heterocycles. The molecule has 1 aromatic rings. The smallest absolute Gasteiger partial charge is 0.368 e. The van der Waals surface area contributed by atoms with Crippen LogP contribution in [-0.4, -0.2) is 57.5 Å². The molecule has 0 saturated carbocycles. The molecule has 2 rings (SSSR count). The normalized spacial score (nSPS) is 18.3. The monoisotopic (exact) mass is 374 g/mol. The molecule has 1 aliphatic rings. The van der Waals surface area contributed by atoms with Gasteiger partial charge in [-0.2, -0.15) is 13.8 Å². The summed E-state index contributed by atoms with van der Waals surface area (Å²) in [6, 6.07) is 2.76. The summed E-state index contributed by atoms with van der Waals surface area (Å²) in [5.41, 5.74) is 0.318. The second-order valence-electron chi connectivity index (χ2n) is 6.01. The Balaban J connectivity index is 2.09. The summed E-state index contributed by atoms with van der Waals surface area (Å²) in [6.07, 6.45) is -1.94. The molecule has 0 radical (unpaired) electrons. The van der Waals surface area contributed by atoms with E-state index in [1.54, 1.807) is 0 Å². The molecular weight excluding hydrogens is 350 g/mol. The Morgan fingerprint density at radius 1 is 1.19 bits per heavy atom. The van der Waals surface area contributed by atoms with Gasteiger partial charge in [0.1, 0.15) is 0 Å². The number of hydroxylamine groups is 2. The zero-order valence-corrected chi connectivity index (χ0v) is 15.3. The topological polar surface area (TPSA) is 69.3 Å². The van der Waals surface area contributed by atoms with Crippen molar-refractivity contribution in [2.45, 2.75) is 31.9 Å². The van der Waals surface area contributed by atoms with E-state index in [4.69, 9.17) is 14.2 Å². The van der Waals surface area contributed by atoms with E-state index in [0.717, 1.165) is 0 Å². The number of nitrogens with one attached hydrogen (secondary N) is 1. The van der Waals surface area contributed by atoms with Gasteiger partial charge in [0.2, 0.25) is 5.75 Å². The van der Waals surface area contributed by atoms with Crippen molar-refractivity contribution in [2.24, 2.45) is 0 Å². The van der Waals surface area contributed by atoms with Crippen LogP contribution in [0.2, 0.25) is 0 Å². The lowest BCUT2D eigenvalue weighted by molar-refractivity contribution is -0.350. The number of alkyl halides is 2. The number of benzene rings is 1. The van der Waals surface area contributed by atoms with Gasteiger partial charge >= 0.3 is 6.11 Å². The van der Waals surface area contributed by atoms with Gasteiger partial charge in [0.25, 0.3) is 5.91 Å². The summed E-state index contributed by atoms with van der Waals surface area (Å²) in [5, 5.41) is 4.02. The molecule has 0 aromatic heterocycles. The highest BCUT2D eigenvalue weighted by Gasteiger charge is 2.31. The molecule has 9 heteroatoms. The van der Waals surface area contributed by atoms with Gasteiger partial charge in [0, 0.05) is 31.6 Å². The van der Waals surface area contributed by atoms with Crippen molar-refractivity contribution in [2.75, 3.05) is 34.4 Å². The third-order valence-electron chi connectivity index (χ3n) is 3.94. The first-order chi connectivity index (χ1) is 12.3. The van der Waals surface area contributed by atoms with Crippen LogP contribution in [0.5, 0.6) is 17.2 Å². The number of amides is 1. The number of rotatable bonds is 7. The van der Waals surface area contributed by atoms with Crippen molar-refractivity contribution in [3.05, 3.63) is 17.7 Å². The number of carbonyl (C=O) groups excluding carboxylic acids is 1. The fraction of sp³-hybridized carbons (Fsp3) is 0.588. The molecule has 7 nitrogen and oxygen atoms in total. The number of nitrogens with zero attached hydrogens (tertiary/aromatic N) is 1. The molecule has 1 heterocycles. The van der Waals surface area contributed by atoms with E-state index in [0.29, 0.717) is 49.1 Å². The van der Waals surface area contributed by atoms with Crippen molar-refractivity contribution in [3.63, 3.8) is 0 Å². The summed E-state index contributed by atoms with van der Waals surface area (Å²) < 4.78 is 41.7. The minimum Gasteiger partial charge on any atom is -0.493 e. The van der Waals surface area contributed by atoms with E-state index in [2.05, 4.69) is 10.2 Å². The van der Waals surface area contributed by atoms with Crippen LogP contribution in [0.1, 0.15) is 30.1 Å². The number of methoxy groups -OCH3 is 3. The fourth-order valence-corrected chi connectivity index (χ4v) is 2.85. The molecule has 1 amide bonds. The van der Waals surface area contributed by atoms with E-state index in [1.807, 2.05) is 0 Å². The molecule has 146 valence electrons. The first-order valence-corrected chi connectivity index (χ1v) is 8.20. The largest absolute Gasteiger partial charge is 0.493 e. The van der Waals surface area contributed by atoms with Crippen LogP contribution in [0.4, 0.5) is 8.78 Å². The first kappa shape index (κ1) is 20.2. The molecule has 1 aliphatic heterocycles. The second-order valence-corrected chi connectivity index (χ2v) is 6.01. The minimum absolute atomic E-state index is 0.180. The number of carbonyl (C=O) groups is 1. The zero-order chi connectivity index (χ0) is 19.3. The van der Waals surface area contributed by atoms with E-state index in [1.165, 1.54) is 38.5 Å². The van der Waals surface area contributed by atoms with Crippen molar-refractivity contribution >= 4 is 5.91 Å². The lowest BCUT2D eigenvalue weighted by atomic mass is 10.1. The Bertz CT molecular complexity index is 611. The van der Waals surface area contributed by atoms with Crippen LogP contribution in [-0.2, 0) is 4.84 Å². The molecule has 26 heavy (non-hydrogen) atoms. The number of hydrogen-bond donors (Lipinski definition) is 1. The number of hydrogen-bond acceptors (Lipinski definition) is 6. The van der Waals surface area contributed by atoms with Gasteiger partial charge in [0.05, 0.1) is 21.3 Å². The Morgan fingerprint density at radius 3 is 2.31 bits per heavy atom. The Kier molecular flexibility index (Phi) is 6.60. The van der Waals surface area contributed by atoms with Gasteiger partial charge in [-0.3, -0.25) is 4.79 Å². The van der Waals surface area contributed by atoms with Gasteiger partial charge in [-0.1, -0.05) is 0 Å². The van der Waals surface area contributed by atoms with Crippen molar-refractivity contribution < 1.29 is 32.6 Å². The van der Waals surface area contributed by atoms with Gasteiger partial charge in [-0.05, 0) is 25.0 Å². The van der Waals surface area contributed by atoms with Crippen LogP contribution in [0, 0.1) is 0 Å². The van der Waals surface area contributed by atoms with E-state index in [9.17, 15) is 13.6 Å². The molecule has 0 bridgehead atoms. The van der Waals surface area contributed by atoms with Crippen molar-refractivity contribution in [1.29, 1.82) is 0 Å². The van der Waals surface area contributed by atoms with Gasteiger partial charge in [-0.15, -0.1) is 0 Å². The van der Waals surface area contributed by atoms with Crippen LogP contribution in [0.25, 0.3) is 0 Å². The average molecular weight is 374 g/mol. The highest BCUT2D eigenvalue weighted by atomic mass is 19.3. The quantitative estimate of drug-likeness (QED) is 0.791. The standard InChI is InChI=1S/C17H24F2N2O5/c1-17(18,19)26-21-7-5-6-12(10-21)20-16(22)11-8-13(23-2)15(25-4)14(9-11)24-3/h8-9,12H,5-7,10H2,1-4H3,(H,20,22). The van der Waals surface area contributed by atoms with Crippen molar-refractivity contribution in [1.82, 2.24) is 10.4 Å². The van der Waals surface area contributed by atoms with Crippen LogP contribution >= 0.6 is 0 Å². The lowest BCUT2D eigenvalue weighted by Crippen LogP contribution is -2.49. The zero-order valence-electron chi connectivity index (χ0n) is 15.3. The minimum atomic E-state index is -3.25. The average Bonchev–Trinajstić information content (AvgIpc) is 2.59. The number of halogens is 2. The fourth-order valence-electron chi connectivity index (χ4n) is 2.85. The van der Waals surface area contributed by atoms with E-state index < -0.39 is 6.11 Å². The molecule has 0 aliphatic carbocycles. The summed E-state index contributed by atoms with van der Waals surface area (Å²) in [4.78, 5) is 17.2. The van der Waals surface area contributed by atoms with Gasteiger partial charge in [-0.25, -0.2) is 4.84 Å². The third kappa shape index (κ3) is 5.18. The molecule has 1 N–H and O–H groups in total. The number of piperidine rings is 1. The maximum absolute atomic E-state index is 13.0.